The summed E-state index contributed by atoms with van der Waals surface area (Å²) in [7, 11) is -3.97. The molecule has 7 rings (SSSR count). The Morgan fingerprint density at radius 2 is 1.80 bits per heavy atom. The maximum Gasteiger partial charge on any atom is 0.264 e. The highest BCUT2D eigenvalue weighted by molar-refractivity contribution is 7.90. The lowest BCUT2D eigenvalue weighted by Crippen LogP contribution is -2.60. The van der Waals surface area contributed by atoms with Gasteiger partial charge in [0, 0.05) is 55.9 Å². The molecule has 4 heterocycles. The summed E-state index contributed by atoms with van der Waals surface area (Å²) in [5.74, 6) is 0.0507. The fraction of sp³-hybridized carbons (Fsp3) is 0.625. The first kappa shape index (κ1) is 36.7. The molecule has 0 spiro atoms. The van der Waals surface area contributed by atoms with Crippen LogP contribution in [0.1, 0.15) is 86.7 Å². The Balaban J connectivity index is 1.23. The lowest BCUT2D eigenvalue weighted by Gasteiger charge is -2.51. The van der Waals surface area contributed by atoms with Gasteiger partial charge in [-0.05, 0) is 124 Å². The maximum absolute atomic E-state index is 13.6. The van der Waals surface area contributed by atoms with Gasteiger partial charge in [0.1, 0.15) is 12.4 Å². The van der Waals surface area contributed by atoms with Crippen LogP contribution in [0.15, 0.2) is 48.6 Å². The fourth-order valence-electron chi connectivity index (χ4n) is 9.09. The smallest absolute Gasteiger partial charge is 0.264 e. The highest BCUT2D eigenvalue weighted by atomic mass is 35.5. The molecule has 9 nitrogen and oxygen atoms in total. The summed E-state index contributed by atoms with van der Waals surface area (Å²) in [6.45, 7) is 10.1. The number of carbonyl (C=O) groups is 1. The number of allylic oxidation sites excluding steroid dienone is 1. The number of nitrogens with one attached hydrogen (secondary N) is 1. The van der Waals surface area contributed by atoms with E-state index in [2.05, 4.69) is 19.4 Å². The number of β-amino-alcohol motifs (C(OH)–C–C–N with tert-alkyl or cyclic N) is 1. The van der Waals surface area contributed by atoms with Crippen molar-refractivity contribution in [2.45, 2.75) is 95.1 Å². The van der Waals surface area contributed by atoms with Crippen LogP contribution < -0.4 is 14.4 Å². The Labute approximate surface area is 309 Å². The van der Waals surface area contributed by atoms with E-state index < -0.39 is 26.8 Å². The van der Waals surface area contributed by atoms with Gasteiger partial charge < -0.3 is 14.7 Å². The Kier molecular flexibility index (Phi) is 11.1. The average molecular weight is 739 g/mol. The van der Waals surface area contributed by atoms with E-state index in [4.69, 9.17) is 16.3 Å². The third kappa shape index (κ3) is 8.15. The van der Waals surface area contributed by atoms with E-state index >= 15 is 0 Å². The molecular weight excluding hydrogens is 684 g/mol. The van der Waals surface area contributed by atoms with Gasteiger partial charge in [-0.1, -0.05) is 43.2 Å². The first-order chi connectivity index (χ1) is 24.5. The minimum atomic E-state index is -3.97. The third-order valence-electron chi connectivity index (χ3n) is 12.6. The lowest BCUT2D eigenvalue weighted by atomic mass is 9.64. The summed E-state index contributed by atoms with van der Waals surface area (Å²) >= 11 is 6.39. The summed E-state index contributed by atoms with van der Waals surface area (Å²) in [5.41, 5.74) is 2.28. The number of aryl methyl sites for hydroxylation is 1. The number of carbonyl (C=O) groups excluding carboxylic acids is 1. The van der Waals surface area contributed by atoms with Crippen molar-refractivity contribution < 1.29 is 23.1 Å². The van der Waals surface area contributed by atoms with Crippen LogP contribution in [0.25, 0.3) is 0 Å². The average Bonchev–Trinajstić information content (AvgIpc) is 3.12. The molecule has 2 bridgehead atoms. The second kappa shape index (κ2) is 15.4. The number of halogens is 1. The number of rotatable bonds is 2. The first-order valence-electron chi connectivity index (χ1n) is 19.2. The van der Waals surface area contributed by atoms with Gasteiger partial charge in [0.25, 0.3) is 5.91 Å². The summed E-state index contributed by atoms with van der Waals surface area (Å²) in [5, 5.41) is 12.6. The van der Waals surface area contributed by atoms with E-state index in [1.807, 2.05) is 37.3 Å². The third-order valence-corrected chi connectivity index (χ3v) is 14.7. The van der Waals surface area contributed by atoms with E-state index in [1.54, 1.807) is 25.1 Å². The molecule has 6 atom stereocenters. The molecule has 5 aliphatic rings. The number of nitrogens with zero attached hydrogens (tertiary/aromatic N) is 3. The zero-order valence-electron chi connectivity index (χ0n) is 30.2. The van der Waals surface area contributed by atoms with Crippen molar-refractivity contribution >= 4 is 33.2 Å². The minimum Gasteiger partial charge on any atom is -0.487 e. The van der Waals surface area contributed by atoms with Gasteiger partial charge >= 0.3 is 0 Å². The molecule has 0 radical (unpaired) electrons. The van der Waals surface area contributed by atoms with Gasteiger partial charge in [-0.2, -0.15) is 0 Å². The number of ether oxygens (including phenoxy) is 1. The van der Waals surface area contributed by atoms with Crippen molar-refractivity contribution in [1.29, 1.82) is 0 Å². The number of benzene rings is 2. The molecule has 2 aromatic carbocycles. The van der Waals surface area contributed by atoms with Crippen molar-refractivity contribution in [1.82, 2.24) is 14.5 Å². The molecule has 1 aliphatic carbocycles. The Hall–Kier alpha value is -2.63. The quantitative estimate of drug-likeness (QED) is 0.361. The van der Waals surface area contributed by atoms with Crippen LogP contribution in [0.5, 0.6) is 5.75 Å². The Morgan fingerprint density at radius 3 is 2.63 bits per heavy atom. The van der Waals surface area contributed by atoms with Crippen LogP contribution in [-0.4, -0.2) is 91.9 Å². The van der Waals surface area contributed by atoms with Gasteiger partial charge in [-0.3, -0.25) is 14.6 Å². The van der Waals surface area contributed by atoms with Crippen LogP contribution in [0.3, 0.4) is 0 Å². The first-order valence-corrected chi connectivity index (χ1v) is 21.1. The molecule has 51 heavy (non-hydrogen) atoms. The predicted molar refractivity (Wildman–Crippen MR) is 203 cm³/mol. The zero-order chi connectivity index (χ0) is 35.8. The molecule has 0 aromatic heterocycles. The number of piperazine rings is 1. The summed E-state index contributed by atoms with van der Waals surface area (Å²) in [4.78, 5) is 21.0. The summed E-state index contributed by atoms with van der Waals surface area (Å²) < 4.78 is 35.9. The molecule has 1 amide bonds. The Morgan fingerprint density at radius 1 is 0.961 bits per heavy atom. The summed E-state index contributed by atoms with van der Waals surface area (Å²) in [6.07, 6.45) is 13.0. The van der Waals surface area contributed by atoms with Crippen molar-refractivity contribution in [2.24, 2.45) is 17.8 Å². The van der Waals surface area contributed by atoms with Gasteiger partial charge in [0.05, 0.1) is 16.5 Å². The van der Waals surface area contributed by atoms with Crippen LogP contribution in [-0.2, 0) is 23.1 Å². The van der Waals surface area contributed by atoms with Crippen LogP contribution in [0, 0.1) is 17.8 Å². The largest absolute Gasteiger partial charge is 0.487 e. The molecular formula is C40H55ClN4O5S. The van der Waals surface area contributed by atoms with Crippen molar-refractivity contribution in [2.75, 3.05) is 50.7 Å². The lowest BCUT2D eigenvalue weighted by molar-refractivity contribution is -0.0765. The number of hydrogen-bond donors (Lipinski definition) is 2. The molecule has 0 unspecified atom stereocenters. The van der Waals surface area contributed by atoms with Gasteiger partial charge in [-0.15, -0.1) is 0 Å². The number of piperidine rings is 1. The maximum atomic E-state index is 13.6. The molecule has 3 fully saturated rings. The summed E-state index contributed by atoms with van der Waals surface area (Å²) in [6, 6.07) is 11.7. The van der Waals surface area contributed by atoms with Crippen LogP contribution in [0.2, 0.25) is 5.02 Å². The van der Waals surface area contributed by atoms with Crippen LogP contribution >= 0.6 is 11.6 Å². The number of anilines is 1. The number of fused-ring (bicyclic) bond motifs is 4. The number of aliphatic hydroxyl groups is 1. The highest BCUT2D eigenvalue weighted by Gasteiger charge is 2.47. The van der Waals surface area contributed by atoms with Gasteiger partial charge in [-0.25, -0.2) is 13.1 Å². The highest BCUT2D eigenvalue weighted by Crippen LogP contribution is 2.45. The van der Waals surface area contributed by atoms with Crippen molar-refractivity contribution in [3.05, 3.63) is 70.3 Å². The Bertz CT molecular complexity index is 1720. The van der Waals surface area contributed by atoms with Gasteiger partial charge in [0.2, 0.25) is 10.0 Å². The standard InChI is InChI=1S/C40H55ClN4O5S/c1-28-8-7-17-40(47,27-43-20-21-44-18-6-4-10-35(44)25-43)36-15-12-32(36)24-45-19-5-3-9-30-22-34(41)14-11-33(30)26-50-38-16-13-31(23-37(38)45)39(46)42-51(48,49)29(28)2/h7,11,13-14,16-17,22-23,28-29,32,35-36,47H,3-6,8-10,12,15,18-21,24-27H2,1-2H3,(H,42,46)/b17-7+/t28-,29+,32-,35+,36+,40+/m0/s1. The van der Waals surface area contributed by atoms with E-state index in [-0.39, 0.29) is 23.3 Å². The normalized spacial score (nSPS) is 32.8. The molecule has 2 aromatic rings. The van der Waals surface area contributed by atoms with Crippen molar-refractivity contribution in [3.63, 3.8) is 0 Å². The minimum absolute atomic E-state index is 0.0583. The van der Waals surface area contributed by atoms with Crippen molar-refractivity contribution in [3.8, 4) is 5.75 Å². The van der Waals surface area contributed by atoms with E-state index in [9.17, 15) is 18.3 Å². The molecule has 278 valence electrons. The van der Waals surface area contributed by atoms with Crippen LogP contribution in [0.4, 0.5) is 5.69 Å². The zero-order valence-corrected chi connectivity index (χ0v) is 31.8. The topological polar surface area (TPSA) is 102 Å². The molecule has 2 N–H and O–H groups in total. The van der Waals surface area contributed by atoms with E-state index in [0.717, 1.165) is 69.5 Å². The van der Waals surface area contributed by atoms with Gasteiger partial charge in [0.15, 0.2) is 0 Å². The second-order valence-electron chi connectivity index (χ2n) is 15.9. The second-order valence-corrected chi connectivity index (χ2v) is 18.4. The molecule has 4 aliphatic heterocycles. The number of hydrogen-bond acceptors (Lipinski definition) is 8. The SMILES string of the molecule is C[C@@H]1[C@@H](C)C/C=C/[C@@](O)(CN2CCN3CCCC[C@@H]3C2)[C@@H]2CC[C@H]2CN2CCCCc3cc(Cl)ccc3COc3ccc(cc32)C(=O)NS1(=O)=O. The fourth-order valence-corrected chi connectivity index (χ4v) is 10.6. The number of sulfonamides is 1. The molecule has 1 saturated carbocycles. The molecule has 11 heteroatoms. The monoisotopic (exact) mass is 738 g/mol. The number of amides is 1. The van der Waals surface area contributed by atoms with E-state index in [1.165, 1.54) is 31.4 Å². The predicted octanol–water partition coefficient (Wildman–Crippen LogP) is 6.03. The molecule has 2 saturated heterocycles. The van der Waals surface area contributed by atoms with E-state index in [0.29, 0.717) is 42.9 Å².